The molecule has 9 nitrogen and oxygen atoms in total. The van der Waals surface area contributed by atoms with Crippen molar-refractivity contribution in [1.82, 2.24) is 29.3 Å². The van der Waals surface area contributed by atoms with Gasteiger partial charge in [0.1, 0.15) is 17.0 Å². The van der Waals surface area contributed by atoms with Crippen LogP contribution in [0.1, 0.15) is 5.82 Å². The third-order valence-electron chi connectivity index (χ3n) is 2.56. The summed E-state index contributed by atoms with van der Waals surface area (Å²) in [7, 11) is -0.251. The molecule has 0 aromatic carbocycles. The molecule has 0 aliphatic carbocycles. The van der Waals surface area contributed by atoms with E-state index in [4.69, 9.17) is 5.73 Å². The fourth-order valence-corrected chi connectivity index (χ4v) is 2.73. The minimum absolute atomic E-state index is 0.0198. The van der Waals surface area contributed by atoms with Crippen molar-refractivity contribution in [3.8, 4) is 0 Å². The van der Waals surface area contributed by atoms with Crippen LogP contribution in [0.3, 0.4) is 0 Å². The Balaban J connectivity index is 2.03. The molecule has 2 aromatic rings. The maximum Gasteiger partial charge on any atom is 0.245 e. The number of rotatable bonds is 5. The quantitative estimate of drug-likeness (QED) is 0.701. The first-order chi connectivity index (χ1) is 8.90. The van der Waals surface area contributed by atoms with E-state index in [-0.39, 0.29) is 17.3 Å². The van der Waals surface area contributed by atoms with Gasteiger partial charge in [0.2, 0.25) is 10.0 Å². The van der Waals surface area contributed by atoms with Gasteiger partial charge in [-0.15, -0.1) is 10.2 Å². The average Bonchev–Trinajstić information content (AvgIpc) is 2.86. The monoisotopic (exact) mass is 285 g/mol. The summed E-state index contributed by atoms with van der Waals surface area (Å²) < 4.78 is 29.5. The van der Waals surface area contributed by atoms with E-state index >= 15 is 0 Å². The molecule has 104 valence electrons. The maximum atomic E-state index is 12.0. The normalized spacial score (nSPS) is 11.9. The van der Waals surface area contributed by atoms with E-state index in [1.807, 2.05) is 0 Å². The van der Waals surface area contributed by atoms with E-state index in [1.165, 1.54) is 10.9 Å². The van der Waals surface area contributed by atoms with Crippen LogP contribution < -0.4 is 10.5 Å². The van der Waals surface area contributed by atoms with Crippen molar-refractivity contribution < 1.29 is 8.42 Å². The average molecular weight is 285 g/mol. The molecular formula is C9H15N7O2S. The summed E-state index contributed by atoms with van der Waals surface area (Å²) in [6.45, 7) is 0.212. The third-order valence-corrected chi connectivity index (χ3v) is 4.04. The van der Waals surface area contributed by atoms with Gasteiger partial charge in [-0.25, -0.2) is 13.1 Å². The molecular weight excluding hydrogens is 270 g/mol. The number of nitrogen functional groups attached to an aromatic ring is 1. The maximum absolute atomic E-state index is 12.0. The van der Waals surface area contributed by atoms with E-state index < -0.39 is 10.0 Å². The Morgan fingerprint density at radius 3 is 2.68 bits per heavy atom. The van der Waals surface area contributed by atoms with Gasteiger partial charge in [-0.3, -0.25) is 4.68 Å². The Morgan fingerprint density at radius 1 is 1.42 bits per heavy atom. The lowest BCUT2D eigenvalue weighted by atomic mass is 10.4. The van der Waals surface area contributed by atoms with Crippen LogP contribution in [0, 0.1) is 0 Å². The van der Waals surface area contributed by atoms with E-state index in [2.05, 4.69) is 20.0 Å². The van der Waals surface area contributed by atoms with Gasteiger partial charge < -0.3 is 10.3 Å². The molecule has 0 aliphatic rings. The van der Waals surface area contributed by atoms with Crippen molar-refractivity contribution in [2.45, 2.75) is 11.3 Å². The first kappa shape index (κ1) is 13.5. The molecule has 0 fully saturated rings. The second-order valence-electron chi connectivity index (χ2n) is 4.06. The number of aromatic nitrogens is 5. The second-order valence-corrected chi connectivity index (χ2v) is 5.79. The van der Waals surface area contributed by atoms with Crippen LogP contribution in [0.25, 0.3) is 0 Å². The Labute approximate surface area is 110 Å². The summed E-state index contributed by atoms with van der Waals surface area (Å²) >= 11 is 0. The van der Waals surface area contributed by atoms with E-state index in [0.717, 1.165) is 0 Å². The minimum atomic E-state index is -3.65. The Hall–Kier alpha value is -1.94. The third kappa shape index (κ3) is 2.90. The van der Waals surface area contributed by atoms with Crippen LogP contribution in [-0.2, 0) is 30.5 Å². The number of hydrogen-bond acceptors (Lipinski definition) is 6. The van der Waals surface area contributed by atoms with Crippen LogP contribution in [-0.4, -0.2) is 39.5 Å². The van der Waals surface area contributed by atoms with Gasteiger partial charge in [-0.2, -0.15) is 5.10 Å². The smallest absolute Gasteiger partial charge is 0.245 e. The van der Waals surface area contributed by atoms with Crippen molar-refractivity contribution in [3.63, 3.8) is 0 Å². The van der Waals surface area contributed by atoms with Crippen LogP contribution in [0.15, 0.2) is 17.4 Å². The fourth-order valence-electron chi connectivity index (χ4n) is 1.60. The van der Waals surface area contributed by atoms with E-state index in [9.17, 15) is 8.42 Å². The molecule has 0 amide bonds. The lowest BCUT2D eigenvalue weighted by Crippen LogP contribution is -2.27. The zero-order valence-corrected chi connectivity index (χ0v) is 11.4. The first-order valence-electron chi connectivity index (χ1n) is 5.52. The summed E-state index contributed by atoms with van der Waals surface area (Å²) in [5.41, 5.74) is 5.54. The van der Waals surface area contributed by atoms with Gasteiger partial charge >= 0.3 is 0 Å². The molecule has 2 heterocycles. The molecule has 0 atom stereocenters. The highest BCUT2D eigenvalue weighted by atomic mass is 32.2. The fraction of sp³-hybridized carbons (Fsp3) is 0.444. The highest BCUT2D eigenvalue weighted by molar-refractivity contribution is 7.89. The zero-order chi connectivity index (χ0) is 14.0. The Kier molecular flexibility index (Phi) is 3.53. The van der Waals surface area contributed by atoms with Crippen LogP contribution in [0.4, 0.5) is 5.82 Å². The Bertz CT molecular complexity index is 673. The van der Waals surface area contributed by atoms with Crippen molar-refractivity contribution in [1.29, 1.82) is 0 Å². The molecule has 19 heavy (non-hydrogen) atoms. The van der Waals surface area contributed by atoms with E-state index in [1.54, 1.807) is 25.0 Å². The van der Waals surface area contributed by atoms with Gasteiger partial charge in [0.25, 0.3) is 0 Å². The number of nitrogens with one attached hydrogen (secondary N) is 1. The molecule has 2 rings (SSSR count). The predicted octanol–water partition coefficient (Wildman–Crippen LogP) is -1.35. The minimum Gasteiger partial charge on any atom is -0.381 e. The van der Waals surface area contributed by atoms with Crippen LogP contribution >= 0.6 is 0 Å². The molecule has 0 aliphatic heterocycles. The van der Waals surface area contributed by atoms with Crippen LogP contribution in [0.5, 0.6) is 0 Å². The highest BCUT2D eigenvalue weighted by Crippen LogP contribution is 2.14. The lowest BCUT2D eigenvalue weighted by molar-refractivity contribution is 0.580. The van der Waals surface area contributed by atoms with Crippen LogP contribution in [0.2, 0.25) is 0 Å². The number of nitrogens with zero attached hydrogens (tertiary/aromatic N) is 5. The summed E-state index contributed by atoms with van der Waals surface area (Å²) in [5.74, 6) is 0.676. The molecule has 0 spiro atoms. The van der Waals surface area contributed by atoms with Gasteiger partial charge in [0.05, 0.1) is 0 Å². The molecule has 0 radical (unpaired) electrons. The summed E-state index contributed by atoms with van der Waals surface area (Å²) in [6.07, 6.45) is 3.36. The van der Waals surface area contributed by atoms with E-state index in [0.29, 0.717) is 12.2 Å². The summed E-state index contributed by atoms with van der Waals surface area (Å²) in [4.78, 5) is -0.0204. The summed E-state index contributed by atoms with van der Waals surface area (Å²) in [5, 5.41) is 11.4. The number of nitrogens with two attached hydrogens (primary N) is 1. The van der Waals surface area contributed by atoms with Crippen molar-refractivity contribution in [2.75, 3.05) is 12.3 Å². The SMILES string of the molecule is Cn1cc(S(=O)(=O)NCCc2nncn2C)c(N)n1. The second kappa shape index (κ2) is 4.97. The topological polar surface area (TPSA) is 121 Å². The standard InChI is InChI=1S/C9H15N7O2S/c1-15-6-11-13-8(15)3-4-12-19(17,18)7-5-16(2)14-9(7)10/h5-6,12H,3-4H2,1-2H3,(H2,10,14). The molecule has 0 bridgehead atoms. The predicted molar refractivity (Wildman–Crippen MR) is 67.5 cm³/mol. The van der Waals surface area contributed by atoms with Crippen molar-refractivity contribution >= 4 is 15.8 Å². The highest BCUT2D eigenvalue weighted by Gasteiger charge is 2.20. The number of aryl methyl sites for hydroxylation is 2. The van der Waals surface area contributed by atoms with Gasteiger partial charge in [-0.05, 0) is 0 Å². The van der Waals surface area contributed by atoms with Gasteiger partial charge in [0, 0.05) is 33.3 Å². The first-order valence-corrected chi connectivity index (χ1v) is 7.00. The lowest BCUT2D eigenvalue weighted by Gasteiger charge is -2.04. The largest absolute Gasteiger partial charge is 0.381 e. The molecule has 0 unspecified atom stereocenters. The Morgan fingerprint density at radius 2 is 2.16 bits per heavy atom. The molecule has 3 N–H and O–H groups in total. The van der Waals surface area contributed by atoms with Gasteiger partial charge in [-0.1, -0.05) is 0 Å². The number of anilines is 1. The molecule has 0 saturated carbocycles. The zero-order valence-electron chi connectivity index (χ0n) is 10.6. The van der Waals surface area contributed by atoms with Crippen molar-refractivity contribution in [3.05, 3.63) is 18.3 Å². The molecule has 0 saturated heterocycles. The number of sulfonamides is 1. The summed E-state index contributed by atoms with van der Waals surface area (Å²) in [6, 6.07) is 0. The number of hydrogen-bond donors (Lipinski definition) is 2. The van der Waals surface area contributed by atoms with Crippen molar-refractivity contribution in [2.24, 2.45) is 14.1 Å². The molecule has 2 aromatic heterocycles. The van der Waals surface area contributed by atoms with Gasteiger partial charge in [0.15, 0.2) is 5.82 Å². The molecule has 10 heteroatoms.